The van der Waals surface area contributed by atoms with E-state index in [4.69, 9.17) is 4.74 Å². The molecule has 34 heavy (non-hydrogen) atoms. The molecule has 1 fully saturated rings. The van der Waals surface area contributed by atoms with Crippen molar-refractivity contribution in [2.45, 2.75) is 31.9 Å². The Morgan fingerprint density at radius 1 is 1.12 bits per heavy atom. The molecule has 11 heteroatoms. The minimum Gasteiger partial charge on any atom is -0.497 e. The molecule has 1 aliphatic heterocycles. The molecule has 0 radical (unpaired) electrons. The minimum absolute atomic E-state index is 0.0820. The van der Waals surface area contributed by atoms with Crippen LogP contribution in [0.3, 0.4) is 0 Å². The van der Waals surface area contributed by atoms with Gasteiger partial charge in [-0.1, -0.05) is 6.08 Å². The second kappa shape index (κ2) is 9.86. The third-order valence-corrected chi connectivity index (χ3v) is 5.99. The van der Waals surface area contributed by atoms with E-state index < -0.39 is 12.0 Å². The molecule has 2 amide bonds. The number of hydrogen-bond donors (Lipinski definition) is 1. The third kappa shape index (κ3) is 5.23. The molecule has 1 aromatic carbocycles. The third-order valence-electron chi connectivity index (χ3n) is 5.99. The molecule has 0 bridgehead atoms. The average Bonchev–Trinajstić information content (AvgIpc) is 3.36. The molecule has 1 aliphatic carbocycles. The van der Waals surface area contributed by atoms with Crippen LogP contribution in [0.4, 0.5) is 19.0 Å². The average molecular weight is 477 g/mol. The smallest absolute Gasteiger partial charge is 0.451 e. The van der Waals surface area contributed by atoms with E-state index in [2.05, 4.69) is 15.3 Å². The fourth-order valence-corrected chi connectivity index (χ4v) is 4.19. The molecule has 4 rings (SSSR count). The number of anilines is 1. The van der Waals surface area contributed by atoms with Crippen molar-refractivity contribution in [2.24, 2.45) is 0 Å². The molecule has 2 aromatic rings. The predicted octanol–water partition coefficient (Wildman–Crippen LogP) is 2.92. The summed E-state index contributed by atoms with van der Waals surface area (Å²) in [4.78, 5) is 36.1. The maximum Gasteiger partial charge on any atom is 0.451 e. The van der Waals surface area contributed by atoms with E-state index in [9.17, 15) is 22.8 Å². The Kier molecular flexibility index (Phi) is 6.90. The first-order valence-corrected chi connectivity index (χ1v) is 11.2. The van der Waals surface area contributed by atoms with Crippen LogP contribution in [0.2, 0.25) is 0 Å². The Hall–Kier alpha value is -3.37. The number of alkyl halides is 3. The van der Waals surface area contributed by atoms with Gasteiger partial charge in [0.2, 0.25) is 17.6 Å². The van der Waals surface area contributed by atoms with E-state index in [1.54, 1.807) is 15.9 Å². The molecular weight excluding hydrogens is 451 g/mol. The molecule has 0 unspecified atom stereocenters. The lowest BCUT2D eigenvalue weighted by Gasteiger charge is -2.31. The first-order valence-electron chi connectivity index (χ1n) is 11.2. The van der Waals surface area contributed by atoms with Gasteiger partial charge in [0.25, 0.3) is 0 Å². The zero-order valence-electron chi connectivity index (χ0n) is 18.8. The van der Waals surface area contributed by atoms with Gasteiger partial charge in [-0.25, -0.2) is 9.97 Å². The van der Waals surface area contributed by atoms with Crippen LogP contribution >= 0.6 is 0 Å². The van der Waals surface area contributed by atoms with Crippen molar-refractivity contribution in [1.82, 2.24) is 20.2 Å². The van der Waals surface area contributed by atoms with Crippen molar-refractivity contribution in [2.75, 3.05) is 44.7 Å². The molecule has 182 valence electrons. The van der Waals surface area contributed by atoms with Gasteiger partial charge >= 0.3 is 6.18 Å². The number of hydrogen-bond acceptors (Lipinski definition) is 6. The predicted molar refractivity (Wildman–Crippen MR) is 119 cm³/mol. The number of allylic oxidation sites excluding steroid dienone is 1. The van der Waals surface area contributed by atoms with Crippen molar-refractivity contribution < 1.29 is 27.5 Å². The summed E-state index contributed by atoms with van der Waals surface area (Å²) in [6.07, 6.45) is -0.196. The Balaban J connectivity index is 1.72. The highest BCUT2D eigenvalue weighted by atomic mass is 19.4. The second-order valence-corrected chi connectivity index (χ2v) is 8.25. The summed E-state index contributed by atoms with van der Waals surface area (Å²) in [5.74, 6) is -1.05. The highest BCUT2D eigenvalue weighted by Gasteiger charge is 2.36. The second-order valence-electron chi connectivity index (χ2n) is 8.25. The van der Waals surface area contributed by atoms with Crippen LogP contribution in [-0.4, -0.2) is 66.5 Å². The number of rotatable bonds is 3. The van der Waals surface area contributed by atoms with Gasteiger partial charge in [-0.2, -0.15) is 13.2 Å². The van der Waals surface area contributed by atoms with Crippen molar-refractivity contribution in [3.63, 3.8) is 0 Å². The van der Waals surface area contributed by atoms with Crippen LogP contribution < -0.4 is 15.0 Å². The zero-order chi connectivity index (χ0) is 24.3. The van der Waals surface area contributed by atoms with Gasteiger partial charge in [0, 0.05) is 50.1 Å². The molecule has 1 saturated heterocycles. The number of nitrogens with one attached hydrogen (secondary N) is 1. The van der Waals surface area contributed by atoms with Crippen molar-refractivity contribution >= 4 is 28.5 Å². The Bertz CT molecular complexity index is 1120. The van der Waals surface area contributed by atoms with Gasteiger partial charge in [-0.05, 0) is 37.5 Å². The number of methoxy groups -OCH3 is 1. The van der Waals surface area contributed by atoms with Crippen molar-refractivity contribution in [3.05, 3.63) is 35.7 Å². The Morgan fingerprint density at radius 3 is 2.65 bits per heavy atom. The minimum atomic E-state index is -4.73. The highest BCUT2D eigenvalue weighted by molar-refractivity contribution is 5.94. The SMILES string of the molecule is COc1ccc2nc(C(F)(F)F)nc(N3CCNC(=O)CCN(C(=O)C4=CCCC4)CC3)c2c1. The maximum absolute atomic E-state index is 13.6. The lowest BCUT2D eigenvalue weighted by Crippen LogP contribution is -2.45. The topological polar surface area (TPSA) is 87.7 Å². The van der Waals surface area contributed by atoms with Crippen LogP contribution in [0.25, 0.3) is 10.9 Å². The summed E-state index contributed by atoms with van der Waals surface area (Å²) in [6, 6.07) is 4.59. The van der Waals surface area contributed by atoms with Crippen molar-refractivity contribution in [3.8, 4) is 5.75 Å². The lowest BCUT2D eigenvalue weighted by molar-refractivity contribution is -0.144. The number of carbonyl (C=O) groups is 2. The van der Waals surface area contributed by atoms with E-state index in [-0.39, 0.29) is 62.3 Å². The van der Waals surface area contributed by atoms with Crippen LogP contribution in [0, 0.1) is 0 Å². The molecule has 0 saturated carbocycles. The fraction of sp³-hybridized carbons (Fsp3) is 0.478. The van der Waals surface area contributed by atoms with Gasteiger partial charge in [-0.15, -0.1) is 0 Å². The first kappa shape index (κ1) is 23.8. The van der Waals surface area contributed by atoms with E-state index >= 15 is 0 Å². The Labute approximate surface area is 194 Å². The number of fused-ring (bicyclic) bond motifs is 1. The van der Waals surface area contributed by atoms with Gasteiger partial charge in [0.15, 0.2) is 0 Å². The monoisotopic (exact) mass is 477 g/mol. The molecule has 2 aliphatic rings. The quantitative estimate of drug-likeness (QED) is 0.732. The molecule has 8 nitrogen and oxygen atoms in total. The lowest BCUT2D eigenvalue weighted by atomic mass is 10.2. The maximum atomic E-state index is 13.6. The first-order chi connectivity index (χ1) is 16.3. The van der Waals surface area contributed by atoms with Crippen LogP contribution in [0.1, 0.15) is 31.5 Å². The number of ether oxygens (including phenoxy) is 1. The van der Waals surface area contributed by atoms with E-state index in [0.717, 1.165) is 18.4 Å². The largest absolute Gasteiger partial charge is 0.497 e. The number of nitrogens with zero attached hydrogens (tertiary/aromatic N) is 4. The van der Waals surface area contributed by atoms with E-state index in [1.807, 2.05) is 6.08 Å². The molecule has 1 aromatic heterocycles. The standard InChI is InChI=1S/C23H26F3N5O3/c1-34-16-6-7-18-17(14-16)20(29-22(28-18)23(24,25)26)30-11-9-27-19(32)8-10-31(13-12-30)21(33)15-4-2-3-5-15/h4,6-7,14H,2-3,5,8-13H2,1H3,(H,27,32). The molecule has 0 spiro atoms. The van der Waals surface area contributed by atoms with E-state index in [1.165, 1.54) is 19.2 Å². The fourth-order valence-electron chi connectivity index (χ4n) is 4.19. The number of benzene rings is 1. The van der Waals surface area contributed by atoms with Crippen LogP contribution in [-0.2, 0) is 15.8 Å². The van der Waals surface area contributed by atoms with Gasteiger partial charge < -0.3 is 19.9 Å². The van der Waals surface area contributed by atoms with Gasteiger partial charge in [-0.3, -0.25) is 9.59 Å². The number of halogens is 3. The summed E-state index contributed by atoms with van der Waals surface area (Å²) in [6.45, 7) is 1.18. The number of amides is 2. The highest BCUT2D eigenvalue weighted by Crippen LogP contribution is 2.33. The number of carbonyl (C=O) groups excluding carboxylic acids is 2. The number of aromatic nitrogens is 2. The van der Waals surface area contributed by atoms with Gasteiger partial charge in [0.05, 0.1) is 12.6 Å². The summed E-state index contributed by atoms with van der Waals surface area (Å²) in [5.41, 5.74) is 0.851. The summed E-state index contributed by atoms with van der Waals surface area (Å²) in [7, 11) is 1.46. The normalized spacial score (nSPS) is 18.0. The van der Waals surface area contributed by atoms with Crippen LogP contribution in [0.5, 0.6) is 5.75 Å². The zero-order valence-corrected chi connectivity index (χ0v) is 18.8. The molecular formula is C23H26F3N5O3. The van der Waals surface area contributed by atoms with E-state index in [0.29, 0.717) is 17.6 Å². The van der Waals surface area contributed by atoms with Crippen molar-refractivity contribution in [1.29, 1.82) is 0 Å². The van der Waals surface area contributed by atoms with Crippen LogP contribution in [0.15, 0.2) is 29.8 Å². The molecule has 1 N–H and O–H groups in total. The molecule has 0 atom stereocenters. The summed E-state index contributed by atoms with van der Waals surface area (Å²) < 4.78 is 46.0. The van der Waals surface area contributed by atoms with Gasteiger partial charge in [0.1, 0.15) is 11.6 Å². The summed E-state index contributed by atoms with van der Waals surface area (Å²) >= 11 is 0. The molecule has 2 heterocycles. The summed E-state index contributed by atoms with van der Waals surface area (Å²) in [5, 5.41) is 3.17. The Morgan fingerprint density at radius 2 is 1.94 bits per heavy atom.